The molecule has 3 nitrogen and oxygen atoms in total. The van der Waals surface area contributed by atoms with Gasteiger partial charge < -0.3 is 9.84 Å². The molecule has 1 atom stereocenters. The van der Waals surface area contributed by atoms with Gasteiger partial charge in [-0.1, -0.05) is 24.3 Å². The summed E-state index contributed by atoms with van der Waals surface area (Å²) in [5, 5.41) is 8.88. The second-order valence-corrected chi connectivity index (χ2v) is 4.41. The first-order valence-electron chi connectivity index (χ1n) is 5.56. The highest BCUT2D eigenvalue weighted by atomic mass is 16.5. The molecular weight excluding hydrogens is 204 g/mol. The first-order chi connectivity index (χ1) is 7.66. The fourth-order valence-electron chi connectivity index (χ4n) is 1.82. The molecule has 86 valence electrons. The summed E-state index contributed by atoms with van der Waals surface area (Å²) in [5.74, 6) is -0.566. The summed E-state index contributed by atoms with van der Waals surface area (Å²) in [5.41, 5.74) is 2.12. The van der Waals surface area contributed by atoms with E-state index in [0.29, 0.717) is 5.92 Å². The van der Waals surface area contributed by atoms with Crippen molar-refractivity contribution in [1.29, 1.82) is 0 Å². The average Bonchev–Trinajstić information content (AvgIpc) is 2.23. The fourth-order valence-corrected chi connectivity index (χ4v) is 1.82. The number of carboxylic acids is 1. The van der Waals surface area contributed by atoms with Crippen LogP contribution in [0.5, 0.6) is 0 Å². The number of hydrogen-bond acceptors (Lipinski definition) is 2. The number of ether oxygens (including phenoxy) is 1. The number of carboxylic acid groups (broad SMARTS) is 1. The lowest BCUT2D eigenvalue weighted by Crippen LogP contribution is -2.29. The largest absolute Gasteiger partial charge is 0.481 e. The average molecular weight is 220 g/mol. The number of rotatable bonds is 4. The van der Waals surface area contributed by atoms with Gasteiger partial charge >= 0.3 is 5.97 Å². The molecule has 0 saturated carbocycles. The predicted octanol–water partition coefficient (Wildman–Crippen LogP) is 2.06. The molecule has 0 amide bonds. The van der Waals surface area contributed by atoms with Crippen molar-refractivity contribution in [3.05, 3.63) is 35.4 Å². The van der Waals surface area contributed by atoms with Crippen LogP contribution in [0.4, 0.5) is 0 Å². The monoisotopic (exact) mass is 220 g/mol. The van der Waals surface area contributed by atoms with E-state index in [9.17, 15) is 4.79 Å². The summed E-state index contributed by atoms with van der Waals surface area (Å²) in [6.07, 6.45) is 1.03. The minimum absolute atomic E-state index is 0.430. The highest BCUT2D eigenvalue weighted by Crippen LogP contribution is 2.20. The van der Waals surface area contributed by atoms with Crippen LogP contribution in [-0.2, 0) is 16.0 Å². The fraction of sp³-hybridized carbons (Fsp3) is 0.462. The summed E-state index contributed by atoms with van der Waals surface area (Å²) in [6.45, 7) is 3.41. The van der Waals surface area contributed by atoms with Crippen LogP contribution in [0.15, 0.2) is 24.3 Å². The van der Waals surface area contributed by atoms with Crippen LogP contribution in [0.3, 0.4) is 0 Å². The van der Waals surface area contributed by atoms with Crippen molar-refractivity contribution in [2.24, 2.45) is 5.92 Å². The molecule has 16 heavy (non-hydrogen) atoms. The van der Waals surface area contributed by atoms with Crippen molar-refractivity contribution in [2.45, 2.75) is 19.3 Å². The summed E-state index contributed by atoms with van der Waals surface area (Å²) in [6, 6.07) is 7.86. The van der Waals surface area contributed by atoms with Gasteiger partial charge in [-0.3, -0.25) is 4.79 Å². The Balaban J connectivity index is 2.00. The molecule has 1 N–H and O–H groups in total. The van der Waals surface area contributed by atoms with Gasteiger partial charge in [-0.15, -0.1) is 0 Å². The van der Waals surface area contributed by atoms with Crippen molar-refractivity contribution in [2.75, 3.05) is 13.2 Å². The van der Waals surface area contributed by atoms with Crippen LogP contribution < -0.4 is 0 Å². The third-order valence-corrected chi connectivity index (χ3v) is 3.08. The summed E-state index contributed by atoms with van der Waals surface area (Å²) in [4.78, 5) is 10.8. The molecule has 1 aromatic rings. The van der Waals surface area contributed by atoms with Crippen LogP contribution in [-0.4, -0.2) is 24.3 Å². The lowest BCUT2D eigenvalue weighted by Gasteiger charge is -2.25. The Morgan fingerprint density at radius 2 is 2.06 bits per heavy atom. The van der Waals surface area contributed by atoms with Gasteiger partial charge in [0.2, 0.25) is 0 Å². The Morgan fingerprint density at radius 1 is 1.44 bits per heavy atom. The molecule has 3 heteroatoms. The molecule has 0 radical (unpaired) electrons. The van der Waals surface area contributed by atoms with Crippen LogP contribution in [0.1, 0.15) is 24.0 Å². The molecule has 0 spiro atoms. The normalized spacial score (nSPS) is 17.8. The van der Waals surface area contributed by atoms with E-state index in [0.717, 1.165) is 25.2 Å². The second-order valence-electron chi connectivity index (χ2n) is 4.41. The predicted molar refractivity (Wildman–Crippen MR) is 60.5 cm³/mol. The first-order valence-corrected chi connectivity index (χ1v) is 5.56. The SMILES string of the molecule is CC(C(=O)O)c1ccc(CC2COC2)cc1. The molecule has 1 saturated heterocycles. The molecule has 1 aromatic carbocycles. The minimum Gasteiger partial charge on any atom is -0.481 e. The maximum Gasteiger partial charge on any atom is 0.310 e. The zero-order valence-electron chi connectivity index (χ0n) is 9.35. The van der Waals surface area contributed by atoms with Gasteiger partial charge in [0.05, 0.1) is 19.1 Å². The van der Waals surface area contributed by atoms with E-state index in [1.54, 1.807) is 6.92 Å². The number of hydrogen-bond donors (Lipinski definition) is 1. The standard InChI is InChI=1S/C13H16O3/c1-9(13(14)15)12-4-2-10(3-5-12)6-11-7-16-8-11/h2-5,9,11H,6-8H2,1H3,(H,14,15). The lowest BCUT2D eigenvalue weighted by atomic mass is 9.95. The van der Waals surface area contributed by atoms with Gasteiger partial charge in [0.15, 0.2) is 0 Å². The number of benzene rings is 1. The third kappa shape index (κ3) is 2.42. The van der Waals surface area contributed by atoms with Gasteiger partial charge in [-0.05, 0) is 24.5 Å². The quantitative estimate of drug-likeness (QED) is 0.844. The van der Waals surface area contributed by atoms with Crippen LogP contribution in [0.25, 0.3) is 0 Å². The van der Waals surface area contributed by atoms with Gasteiger partial charge in [0, 0.05) is 5.92 Å². The van der Waals surface area contributed by atoms with E-state index in [-0.39, 0.29) is 0 Å². The Labute approximate surface area is 95.0 Å². The van der Waals surface area contributed by atoms with E-state index in [2.05, 4.69) is 0 Å². The minimum atomic E-state index is -0.778. The third-order valence-electron chi connectivity index (χ3n) is 3.08. The van der Waals surface area contributed by atoms with Crippen molar-refractivity contribution in [1.82, 2.24) is 0 Å². The maximum atomic E-state index is 10.8. The number of aliphatic carboxylic acids is 1. The molecule has 1 fully saturated rings. The Bertz CT molecular complexity index is 365. The van der Waals surface area contributed by atoms with Gasteiger partial charge in [-0.25, -0.2) is 0 Å². The summed E-state index contributed by atoms with van der Waals surface area (Å²) in [7, 11) is 0. The molecule has 1 unspecified atom stereocenters. The Hall–Kier alpha value is -1.35. The Kier molecular flexibility index (Phi) is 3.25. The summed E-state index contributed by atoms with van der Waals surface area (Å²) < 4.78 is 5.12. The molecule has 2 rings (SSSR count). The van der Waals surface area contributed by atoms with Gasteiger partial charge in [0.25, 0.3) is 0 Å². The molecule has 0 bridgehead atoms. The van der Waals surface area contributed by atoms with E-state index in [4.69, 9.17) is 9.84 Å². The molecular formula is C13H16O3. The lowest BCUT2D eigenvalue weighted by molar-refractivity contribution is -0.138. The van der Waals surface area contributed by atoms with Crippen molar-refractivity contribution in [3.8, 4) is 0 Å². The van der Waals surface area contributed by atoms with Crippen LogP contribution >= 0.6 is 0 Å². The van der Waals surface area contributed by atoms with Crippen LogP contribution in [0.2, 0.25) is 0 Å². The molecule has 1 aliphatic rings. The zero-order chi connectivity index (χ0) is 11.5. The van der Waals surface area contributed by atoms with Crippen molar-refractivity contribution in [3.63, 3.8) is 0 Å². The smallest absolute Gasteiger partial charge is 0.310 e. The summed E-state index contributed by atoms with van der Waals surface area (Å²) >= 11 is 0. The zero-order valence-corrected chi connectivity index (χ0v) is 9.35. The molecule has 0 aromatic heterocycles. The highest BCUT2D eigenvalue weighted by Gasteiger charge is 2.19. The van der Waals surface area contributed by atoms with E-state index in [1.807, 2.05) is 24.3 Å². The highest BCUT2D eigenvalue weighted by molar-refractivity contribution is 5.75. The number of carbonyl (C=O) groups is 1. The van der Waals surface area contributed by atoms with E-state index >= 15 is 0 Å². The van der Waals surface area contributed by atoms with Gasteiger partial charge in [-0.2, -0.15) is 0 Å². The molecule has 1 heterocycles. The molecule has 0 aliphatic carbocycles. The Morgan fingerprint density at radius 3 is 2.50 bits per heavy atom. The second kappa shape index (κ2) is 4.66. The van der Waals surface area contributed by atoms with Crippen molar-refractivity contribution < 1.29 is 14.6 Å². The maximum absolute atomic E-state index is 10.8. The van der Waals surface area contributed by atoms with Crippen molar-refractivity contribution >= 4 is 5.97 Å². The van der Waals surface area contributed by atoms with Gasteiger partial charge in [0.1, 0.15) is 0 Å². The van der Waals surface area contributed by atoms with E-state index < -0.39 is 11.9 Å². The molecule has 1 aliphatic heterocycles. The van der Waals surface area contributed by atoms with Crippen LogP contribution in [0, 0.1) is 5.92 Å². The first kappa shape index (κ1) is 11.1. The topological polar surface area (TPSA) is 46.5 Å². The van der Waals surface area contributed by atoms with E-state index in [1.165, 1.54) is 5.56 Å².